The molecule has 0 fully saturated rings. The molecule has 1 N–H and O–H groups in total. The largest absolute Gasteiger partial charge is 0.345 e. The van der Waals surface area contributed by atoms with Crippen molar-refractivity contribution in [3.05, 3.63) is 30.1 Å². The van der Waals surface area contributed by atoms with Gasteiger partial charge in [0.15, 0.2) is 0 Å². The van der Waals surface area contributed by atoms with Gasteiger partial charge in [0.2, 0.25) is 0 Å². The van der Waals surface area contributed by atoms with Gasteiger partial charge >= 0.3 is 0 Å². The highest BCUT2D eigenvalue weighted by Gasteiger charge is 2.26. The van der Waals surface area contributed by atoms with E-state index >= 15 is 0 Å². The first-order valence-corrected chi connectivity index (χ1v) is 5.72. The lowest BCUT2D eigenvalue weighted by molar-refractivity contribution is 0.0908. The highest BCUT2D eigenvalue weighted by Crippen LogP contribution is 2.16. The zero-order valence-electron chi connectivity index (χ0n) is 9.12. The zero-order valence-corrected chi connectivity index (χ0v) is 10.7. The van der Waals surface area contributed by atoms with E-state index in [1.165, 1.54) is 0 Å². The number of halogens is 1. The zero-order chi connectivity index (χ0) is 11.5. The van der Waals surface area contributed by atoms with Gasteiger partial charge in [-0.3, -0.25) is 9.78 Å². The summed E-state index contributed by atoms with van der Waals surface area (Å²) in [6, 6.07) is 5.28. The monoisotopic (exact) mass is 270 g/mol. The molecule has 4 heteroatoms. The number of hydrogen-bond acceptors (Lipinski definition) is 2. The van der Waals surface area contributed by atoms with Crippen LogP contribution in [0.25, 0.3) is 0 Å². The number of nitrogens with zero attached hydrogens (tertiary/aromatic N) is 1. The summed E-state index contributed by atoms with van der Waals surface area (Å²) >= 11 is 3.46. The van der Waals surface area contributed by atoms with Crippen LogP contribution in [0.3, 0.4) is 0 Å². The third kappa shape index (κ3) is 3.30. The van der Waals surface area contributed by atoms with Gasteiger partial charge in [-0.15, -0.1) is 0 Å². The van der Waals surface area contributed by atoms with Crippen molar-refractivity contribution in [3.63, 3.8) is 0 Å². The second kappa shape index (κ2) is 4.75. The van der Waals surface area contributed by atoms with Crippen LogP contribution in [0.2, 0.25) is 0 Å². The van der Waals surface area contributed by atoms with E-state index in [1.807, 2.05) is 20.8 Å². The molecule has 0 saturated heterocycles. The number of aromatic nitrogens is 1. The maximum absolute atomic E-state index is 11.8. The summed E-state index contributed by atoms with van der Waals surface area (Å²) < 4.78 is 0. The quantitative estimate of drug-likeness (QED) is 0.857. The Balaban J connectivity index is 2.73. The van der Waals surface area contributed by atoms with Crippen molar-refractivity contribution in [1.29, 1.82) is 0 Å². The first-order chi connectivity index (χ1) is 6.93. The Kier molecular flexibility index (Phi) is 3.85. The molecular weight excluding hydrogens is 256 g/mol. The maximum atomic E-state index is 11.8. The Labute approximate surface area is 98.4 Å². The molecule has 1 atom stereocenters. The first kappa shape index (κ1) is 12.2. The SMILES string of the molecule is CC(Br)C(C)(C)NC(=O)c1ccccn1. The summed E-state index contributed by atoms with van der Waals surface area (Å²) in [4.78, 5) is 16.0. The summed E-state index contributed by atoms with van der Waals surface area (Å²) in [6.45, 7) is 5.93. The van der Waals surface area contributed by atoms with Crippen molar-refractivity contribution >= 4 is 21.8 Å². The van der Waals surface area contributed by atoms with Crippen LogP contribution in [0, 0.1) is 0 Å². The molecule has 1 unspecified atom stereocenters. The van der Waals surface area contributed by atoms with Crippen molar-refractivity contribution in [2.75, 3.05) is 0 Å². The van der Waals surface area contributed by atoms with E-state index in [2.05, 4.69) is 26.2 Å². The standard InChI is InChI=1S/C11H15BrN2O/c1-8(12)11(2,3)14-10(15)9-6-4-5-7-13-9/h4-8H,1-3H3,(H,14,15). The fourth-order valence-corrected chi connectivity index (χ4v) is 1.07. The summed E-state index contributed by atoms with van der Waals surface area (Å²) in [5.41, 5.74) is 0.146. The Hall–Kier alpha value is -0.900. The molecule has 0 aliphatic carbocycles. The fraction of sp³-hybridized carbons (Fsp3) is 0.455. The molecule has 0 aliphatic heterocycles. The molecular formula is C11H15BrN2O. The smallest absolute Gasteiger partial charge is 0.270 e. The average Bonchev–Trinajstić information content (AvgIpc) is 2.18. The molecule has 1 aromatic rings. The molecule has 1 aromatic heterocycles. The van der Waals surface area contributed by atoms with Gasteiger partial charge in [0.1, 0.15) is 5.69 Å². The van der Waals surface area contributed by atoms with Crippen molar-refractivity contribution in [1.82, 2.24) is 10.3 Å². The van der Waals surface area contributed by atoms with Crippen LogP contribution in [0.5, 0.6) is 0 Å². The molecule has 3 nitrogen and oxygen atoms in total. The normalized spacial score (nSPS) is 13.3. The van der Waals surface area contributed by atoms with Gasteiger partial charge in [-0.05, 0) is 26.0 Å². The molecule has 1 heterocycles. The highest BCUT2D eigenvalue weighted by molar-refractivity contribution is 9.09. The van der Waals surface area contributed by atoms with Gasteiger partial charge < -0.3 is 5.32 Å². The third-order valence-electron chi connectivity index (χ3n) is 2.33. The topological polar surface area (TPSA) is 42.0 Å². The van der Waals surface area contributed by atoms with E-state index in [4.69, 9.17) is 0 Å². The van der Waals surface area contributed by atoms with E-state index in [9.17, 15) is 4.79 Å². The van der Waals surface area contributed by atoms with E-state index in [-0.39, 0.29) is 16.3 Å². The number of pyridine rings is 1. The number of nitrogens with one attached hydrogen (secondary N) is 1. The molecule has 1 rings (SSSR count). The number of amides is 1. The van der Waals surface area contributed by atoms with Crippen LogP contribution in [-0.4, -0.2) is 21.3 Å². The van der Waals surface area contributed by atoms with Gasteiger partial charge in [-0.25, -0.2) is 0 Å². The van der Waals surface area contributed by atoms with Crippen LogP contribution in [0.1, 0.15) is 31.3 Å². The Morgan fingerprint density at radius 1 is 1.53 bits per heavy atom. The van der Waals surface area contributed by atoms with Gasteiger partial charge in [0, 0.05) is 16.6 Å². The van der Waals surface area contributed by atoms with Gasteiger partial charge in [0.25, 0.3) is 5.91 Å². The average molecular weight is 271 g/mol. The number of hydrogen-bond donors (Lipinski definition) is 1. The number of rotatable bonds is 3. The van der Waals surface area contributed by atoms with E-state index in [1.54, 1.807) is 24.4 Å². The van der Waals surface area contributed by atoms with Gasteiger partial charge in [0.05, 0.1) is 0 Å². The molecule has 82 valence electrons. The Morgan fingerprint density at radius 2 is 2.20 bits per heavy atom. The molecule has 0 spiro atoms. The van der Waals surface area contributed by atoms with Gasteiger partial charge in [-0.1, -0.05) is 28.9 Å². The minimum absolute atomic E-state index is 0.146. The predicted molar refractivity (Wildman–Crippen MR) is 64.2 cm³/mol. The summed E-state index contributed by atoms with van der Waals surface area (Å²) in [6.07, 6.45) is 1.61. The Bertz CT molecular complexity index is 336. The number of carbonyl (C=O) groups is 1. The van der Waals surface area contributed by atoms with Crippen LogP contribution in [0.4, 0.5) is 0 Å². The second-order valence-corrected chi connectivity index (χ2v) is 5.38. The fourth-order valence-electron chi connectivity index (χ4n) is 0.953. The third-order valence-corrected chi connectivity index (χ3v) is 3.47. The molecule has 0 saturated carbocycles. The van der Waals surface area contributed by atoms with Crippen molar-refractivity contribution in [3.8, 4) is 0 Å². The number of alkyl halides is 1. The molecule has 0 aliphatic rings. The van der Waals surface area contributed by atoms with Crippen LogP contribution in [-0.2, 0) is 0 Å². The Morgan fingerprint density at radius 3 is 2.67 bits per heavy atom. The highest BCUT2D eigenvalue weighted by atomic mass is 79.9. The minimum atomic E-state index is -0.297. The maximum Gasteiger partial charge on any atom is 0.270 e. The van der Waals surface area contributed by atoms with E-state index < -0.39 is 0 Å². The summed E-state index contributed by atoms with van der Waals surface area (Å²) in [5.74, 6) is -0.146. The van der Waals surface area contributed by atoms with Crippen molar-refractivity contribution in [2.45, 2.75) is 31.1 Å². The molecule has 1 amide bonds. The molecule has 15 heavy (non-hydrogen) atoms. The lowest BCUT2D eigenvalue weighted by Crippen LogP contribution is -2.49. The second-order valence-electron chi connectivity index (χ2n) is 4.01. The predicted octanol–water partition coefficient (Wildman–Crippen LogP) is 2.37. The molecule has 0 aromatic carbocycles. The van der Waals surface area contributed by atoms with Crippen LogP contribution >= 0.6 is 15.9 Å². The first-order valence-electron chi connectivity index (χ1n) is 4.81. The van der Waals surface area contributed by atoms with Gasteiger partial charge in [-0.2, -0.15) is 0 Å². The lowest BCUT2D eigenvalue weighted by atomic mass is 10.0. The minimum Gasteiger partial charge on any atom is -0.345 e. The van der Waals surface area contributed by atoms with E-state index in [0.29, 0.717) is 5.69 Å². The summed E-state index contributed by atoms with van der Waals surface area (Å²) in [5, 5.41) is 2.92. The summed E-state index contributed by atoms with van der Waals surface area (Å²) in [7, 11) is 0. The molecule has 0 bridgehead atoms. The van der Waals surface area contributed by atoms with Crippen molar-refractivity contribution in [2.24, 2.45) is 0 Å². The number of carbonyl (C=O) groups excluding carboxylic acids is 1. The lowest BCUT2D eigenvalue weighted by Gasteiger charge is -2.29. The molecule has 0 radical (unpaired) electrons. The van der Waals surface area contributed by atoms with Crippen molar-refractivity contribution < 1.29 is 4.79 Å². The van der Waals surface area contributed by atoms with E-state index in [0.717, 1.165) is 0 Å². The van der Waals surface area contributed by atoms with Crippen LogP contribution < -0.4 is 5.32 Å². The van der Waals surface area contributed by atoms with Crippen LogP contribution in [0.15, 0.2) is 24.4 Å².